The number of halogens is 1. The van der Waals surface area contributed by atoms with E-state index < -0.39 is 6.10 Å². The monoisotopic (exact) mass is 283 g/mol. The highest BCUT2D eigenvalue weighted by Crippen LogP contribution is 2.26. The Kier molecular flexibility index (Phi) is 5.25. The van der Waals surface area contributed by atoms with Gasteiger partial charge in [0.25, 0.3) is 0 Å². The predicted octanol–water partition coefficient (Wildman–Crippen LogP) is 2.93. The van der Waals surface area contributed by atoms with Crippen LogP contribution in [-0.2, 0) is 0 Å². The summed E-state index contributed by atoms with van der Waals surface area (Å²) in [4.78, 5) is 2.25. The van der Waals surface area contributed by atoms with Crippen molar-refractivity contribution in [3.63, 3.8) is 0 Å². The summed E-state index contributed by atoms with van der Waals surface area (Å²) in [6, 6.07) is 6.49. The van der Waals surface area contributed by atoms with Crippen molar-refractivity contribution in [3.05, 3.63) is 35.6 Å². The normalized spacial score (nSPS) is 22.7. The number of aliphatic hydroxyl groups excluding tert-OH is 1. The van der Waals surface area contributed by atoms with Gasteiger partial charge >= 0.3 is 0 Å². The molecule has 1 aliphatic heterocycles. The van der Waals surface area contributed by atoms with Crippen LogP contribution in [0.1, 0.15) is 25.5 Å². The van der Waals surface area contributed by atoms with Gasteiger partial charge in [-0.25, -0.2) is 4.39 Å². The molecule has 0 saturated carbocycles. The van der Waals surface area contributed by atoms with E-state index in [1.54, 1.807) is 18.2 Å². The molecule has 2 atom stereocenters. The minimum absolute atomic E-state index is 0.318. The van der Waals surface area contributed by atoms with Crippen LogP contribution in [0, 0.1) is 11.7 Å². The molecule has 4 heteroatoms. The molecule has 19 heavy (non-hydrogen) atoms. The van der Waals surface area contributed by atoms with Crippen molar-refractivity contribution in [2.24, 2.45) is 5.92 Å². The number of aliphatic hydroxyl groups is 1. The predicted molar refractivity (Wildman–Crippen MR) is 78.9 cm³/mol. The Morgan fingerprint density at radius 1 is 1.42 bits per heavy atom. The Morgan fingerprint density at radius 3 is 2.84 bits per heavy atom. The Bertz CT molecular complexity index is 413. The van der Waals surface area contributed by atoms with Crippen LogP contribution in [0.15, 0.2) is 24.3 Å². The summed E-state index contributed by atoms with van der Waals surface area (Å²) in [6.45, 7) is 6.93. The van der Waals surface area contributed by atoms with Crippen molar-refractivity contribution in [2.45, 2.75) is 25.2 Å². The molecule has 0 bridgehead atoms. The van der Waals surface area contributed by atoms with E-state index in [0.29, 0.717) is 23.3 Å². The van der Waals surface area contributed by atoms with Crippen molar-refractivity contribution in [1.82, 2.24) is 4.90 Å². The lowest BCUT2D eigenvalue weighted by atomic mass is 10.1. The zero-order valence-electron chi connectivity index (χ0n) is 11.6. The number of hydrogen-bond acceptors (Lipinski definition) is 3. The third-order valence-electron chi connectivity index (χ3n) is 3.62. The molecule has 1 N–H and O–H groups in total. The molecule has 2 nitrogen and oxygen atoms in total. The number of hydrogen-bond donors (Lipinski definition) is 1. The van der Waals surface area contributed by atoms with Gasteiger partial charge in [0, 0.05) is 36.2 Å². The van der Waals surface area contributed by atoms with Gasteiger partial charge in [0.2, 0.25) is 0 Å². The number of nitrogens with zero attached hydrogens (tertiary/aromatic N) is 1. The summed E-state index contributed by atoms with van der Waals surface area (Å²) in [5.41, 5.74) is 0.404. The number of thioether (sulfide) groups is 1. The highest BCUT2D eigenvalue weighted by atomic mass is 32.2. The zero-order chi connectivity index (χ0) is 13.8. The standard InChI is InChI=1S/C15H22FNOS/c1-11(2)15-10-17(7-8-19-15)9-14(18)12-5-3-4-6-13(12)16/h3-6,11,14-15,18H,7-10H2,1-2H3. The van der Waals surface area contributed by atoms with Crippen molar-refractivity contribution >= 4 is 11.8 Å². The molecule has 1 aromatic rings. The van der Waals surface area contributed by atoms with Crippen LogP contribution in [0.4, 0.5) is 4.39 Å². The average Bonchev–Trinajstić information content (AvgIpc) is 2.39. The SMILES string of the molecule is CC(C)C1CN(CC(O)c2ccccc2F)CCS1. The summed E-state index contributed by atoms with van der Waals surface area (Å²) in [5, 5.41) is 10.8. The van der Waals surface area contributed by atoms with E-state index in [1.165, 1.54) is 6.07 Å². The highest BCUT2D eigenvalue weighted by Gasteiger charge is 2.25. The molecule has 0 radical (unpaired) electrons. The first kappa shape index (κ1) is 14.8. The highest BCUT2D eigenvalue weighted by molar-refractivity contribution is 8.00. The van der Waals surface area contributed by atoms with Gasteiger partial charge in [-0.3, -0.25) is 4.90 Å². The van der Waals surface area contributed by atoms with Gasteiger partial charge < -0.3 is 5.11 Å². The third kappa shape index (κ3) is 3.94. The minimum atomic E-state index is -0.739. The Hall–Kier alpha value is -0.580. The lowest BCUT2D eigenvalue weighted by Crippen LogP contribution is -2.42. The topological polar surface area (TPSA) is 23.5 Å². The van der Waals surface area contributed by atoms with E-state index in [4.69, 9.17) is 0 Å². The Balaban J connectivity index is 1.95. The first-order chi connectivity index (χ1) is 9.08. The Morgan fingerprint density at radius 2 is 2.16 bits per heavy atom. The van der Waals surface area contributed by atoms with Crippen LogP contribution in [0.25, 0.3) is 0 Å². The summed E-state index contributed by atoms with van der Waals surface area (Å²) >= 11 is 2.00. The summed E-state index contributed by atoms with van der Waals surface area (Å²) in [5.74, 6) is 1.41. The summed E-state index contributed by atoms with van der Waals surface area (Å²) in [7, 11) is 0. The minimum Gasteiger partial charge on any atom is -0.387 e. The van der Waals surface area contributed by atoms with Gasteiger partial charge in [0.15, 0.2) is 0 Å². The molecule has 1 heterocycles. The van der Waals surface area contributed by atoms with E-state index in [1.807, 2.05) is 11.8 Å². The summed E-state index contributed by atoms with van der Waals surface area (Å²) in [6.07, 6.45) is -0.739. The maximum Gasteiger partial charge on any atom is 0.129 e. The maximum absolute atomic E-state index is 13.6. The van der Waals surface area contributed by atoms with Gasteiger partial charge in [-0.1, -0.05) is 32.0 Å². The molecule has 0 spiro atoms. The molecule has 1 aliphatic rings. The van der Waals surface area contributed by atoms with Gasteiger partial charge in [0.1, 0.15) is 5.82 Å². The molecule has 1 aromatic carbocycles. The quantitative estimate of drug-likeness (QED) is 0.919. The van der Waals surface area contributed by atoms with Gasteiger partial charge in [-0.2, -0.15) is 11.8 Å². The van der Waals surface area contributed by atoms with E-state index >= 15 is 0 Å². The first-order valence-electron chi connectivity index (χ1n) is 6.84. The molecule has 0 aromatic heterocycles. The lowest BCUT2D eigenvalue weighted by molar-refractivity contribution is 0.110. The van der Waals surface area contributed by atoms with Gasteiger partial charge in [-0.05, 0) is 12.0 Å². The number of rotatable bonds is 4. The number of β-amino-alcohol motifs (C(OH)–C–C–N with tert-alkyl or cyclic N) is 1. The van der Waals surface area contributed by atoms with E-state index in [-0.39, 0.29) is 5.82 Å². The van der Waals surface area contributed by atoms with Crippen LogP contribution in [0.3, 0.4) is 0 Å². The van der Waals surface area contributed by atoms with E-state index in [2.05, 4.69) is 18.7 Å². The zero-order valence-corrected chi connectivity index (χ0v) is 12.4. The van der Waals surface area contributed by atoms with Crippen molar-refractivity contribution in [2.75, 3.05) is 25.4 Å². The largest absolute Gasteiger partial charge is 0.387 e. The van der Waals surface area contributed by atoms with Crippen LogP contribution >= 0.6 is 11.8 Å². The molecule has 2 rings (SSSR count). The van der Waals surface area contributed by atoms with Crippen molar-refractivity contribution < 1.29 is 9.50 Å². The second-order valence-electron chi connectivity index (χ2n) is 5.45. The second kappa shape index (κ2) is 6.73. The fraction of sp³-hybridized carbons (Fsp3) is 0.600. The summed E-state index contributed by atoms with van der Waals surface area (Å²) < 4.78 is 13.6. The molecule has 0 aliphatic carbocycles. The lowest BCUT2D eigenvalue weighted by Gasteiger charge is -2.35. The smallest absolute Gasteiger partial charge is 0.129 e. The van der Waals surface area contributed by atoms with E-state index in [9.17, 15) is 9.50 Å². The van der Waals surface area contributed by atoms with E-state index in [0.717, 1.165) is 18.8 Å². The molecule has 1 fully saturated rings. The fourth-order valence-electron chi connectivity index (χ4n) is 2.39. The first-order valence-corrected chi connectivity index (χ1v) is 7.89. The van der Waals surface area contributed by atoms with Crippen LogP contribution < -0.4 is 0 Å². The van der Waals surface area contributed by atoms with Crippen molar-refractivity contribution in [3.8, 4) is 0 Å². The Labute approximate surface area is 119 Å². The second-order valence-corrected chi connectivity index (χ2v) is 6.80. The van der Waals surface area contributed by atoms with Crippen LogP contribution in [0.2, 0.25) is 0 Å². The maximum atomic E-state index is 13.6. The van der Waals surface area contributed by atoms with Crippen molar-refractivity contribution in [1.29, 1.82) is 0 Å². The molecular formula is C15H22FNOS. The fourth-order valence-corrected chi connectivity index (χ4v) is 3.76. The average molecular weight is 283 g/mol. The number of benzene rings is 1. The molecular weight excluding hydrogens is 261 g/mol. The van der Waals surface area contributed by atoms with Crippen LogP contribution in [0.5, 0.6) is 0 Å². The molecule has 2 unspecified atom stereocenters. The van der Waals surface area contributed by atoms with Gasteiger partial charge in [0.05, 0.1) is 6.10 Å². The third-order valence-corrected chi connectivity index (χ3v) is 5.16. The van der Waals surface area contributed by atoms with Gasteiger partial charge in [-0.15, -0.1) is 0 Å². The van der Waals surface area contributed by atoms with Crippen LogP contribution in [-0.4, -0.2) is 40.6 Å². The molecule has 106 valence electrons. The molecule has 1 saturated heterocycles. The molecule has 0 amide bonds.